The molecule has 34 heavy (non-hydrogen) atoms. The van der Waals surface area contributed by atoms with Crippen LogP contribution >= 0.6 is 23.2 Å². The highest BCUT2D eigenvalue weighted by Gasteiger charge is 2.14. The Balaban J connectivity index is 1.61. The van der Waals surface area contributed by atoms with Gasteiger partial charge in [0.05, 0.1) is 10.0 Å². The fraction of sp³-hybridized carbons (Fsp3) is 0.296. The van der Waals surface area contributed by atoms with Crippen LogP contribution in [0.2, 0.25) is 10.0 Å². The van der Waals surface area contributed by atoms with Gasteiger partial charge in [-0.3, -0.25) is 9.69 Å². The highest BCUT2D eigenvalue weighted by atomic mass is 35.5. The Morgan fingerprint density at radius 1 is 0.912 bits per heavy atom. The molecule has 0 fully saturated rings. The third kappa shape index (κ3) is 7.47. The number of benzene rings is 3. The van der Waals surface area contributed by atoms with Crippen molar-refractivity contribution < 1.29 is 9.90 Å². The second kappa shape index (κ2) is 12.8. The summed E-state index contributed by atoms with van der Waals surface area (Å²) in [6, 6.07) is 20.0. The number of nitrogens with one attached hydrogen (secondary N) is 2. The van der Waals surface area contributed by atoms with Gasteiger partial charge in [-0.05, 0) is 74.0 Å². The maximum atomic E-state index is 12.7. The van der Waals surface area contributed by atoms with Crippen LogP contribution in [0, 0.1) is 0 Å². The molecule has 180 valence electrons. The van der Waals surface area contributed by atoms with Crippen LogP contribution in [-0.4, -0.2) is 29.0 Å². The number of amides is 1. The van der Waals surface area contributed by atoms with Gasteiger partial charge in [-0.15, -0.1) is 0 Å². The molecule has 3 rings (SSSR count). The Morgan fingerprint density at radius 2 is 1.59 bits per heavy atom. The van der Waals surface area contributed by atoms with Crippen LogP contribution in [0.25, 0.3) is 0 Å². The molecule has 3 aromatic rings. The number of anilines is 2. The van der Waals surface area contributed by atoms with E-state index in [-0.39, 0.29) is 5.91 Å². The lowest BCUT2D eigenvalue weighted by atomic mass is 10.1. The largest absolute Gasteiger partial charge is 0.369 e. The molecule has 1 unspecified atom stereocenters. The summed E-state index contributed by atoms with van der Waals surface area (Å²) in [5, 5.41) is 17.5. The van der Waals surface area contributed by atoms with Crippen LogP contribution in [0.5, 0.6) is 0 Å². The molecule has 0 aromatic heterocycles. The number of hydrogen-bond acceptors (Lipinski definition) is 4. The van der Waals surface area contributed by atoms with Crippen LogP contribution in [-0.2, 0) is 6.54 Å². The smallest absolute Gasteiger partial charge is 0.253 e. The van der Waals surface area contributed by atoms with Crippen molar-refractivity contribution in [3.05, 3.63) is 93.5 Å². The minimum absolute atomic E-state index is 0.349. The van der Waals surface area contributed by atoms with E-state index in [1.165, 1.54) is 0 Å². The number of hydrogen-bond donors (Lipinski definition) is 3. The lowest BCUT2D eigenvalue weighted by molar-refractivity contribution is 0.0783. The molecule has 0 aliphatic rings. The van der Waals surface area contributed by atoms with E-state index in [9.17, 15) is 9.90 Å². The molecular weight excluding hydrogens is 469 g/mol. The van der Waals surface area contributed by atoms with Crippen molar-refractivity contribution in [1.29, 1.82) is 0 Å². The molecule has 0 radical (unpaired) electrons. The van der Waals surface area contributed by atoms with Gasteiger partial charge in [0.15, 0.2) is 6.23 Å². The molecule has 5 nitrogen and oxygen atoms in total. The molecule has 0 heterocycles. The molecule has 7 heteroatoms. The highest BCUT2D eigenvalue weighted by molar-refractivity contribution is 6.42. The number of rotatable bonds is 11. The van der Waals surface area contributed by atoms with Gasteiger partial charge in [0.1, 0.15) is 0 Å². The first-order valence-corrected chi connectivity index (χ1v) is 12.3. The molecular formula is C27H31Cl2N3O2. The van der Waals surface area contributed by atoms with Crippen molar-refractivity contribution in [1.82, 2.24) is 10.2 Å². The summed E-state index contributed by atoms with van der Waals surface area (Å²) in [5.74, 6) is -0.349. The molecule has 0 bridgehead atoms. The van der Waals surface area contributed by atoms with E-state index in [1.807, 2.05) is 24.3 Å². The lowest BCUT2D eigenvalue weighted by Gasteiger charge is -2.22. The molecule has 0 spiro atoms. The van der Waals surface area contributed by atoms with Crippen molar-refractivity contribution in [3.63, 3.8) is 0 Å². The standard InChI is InChI=1S/C27H31Cl2N3O2/c1-3-14-32(15-4-2)18-19-6-5-7-21(16-19)27(34)31-26(33)20-8-10-22(11-9-20)30-23-12-13-24(28)25(29)17-23/h5-13,16-17,27,30,34H,3-4,14-15,18H2,1-2H3,(H,31,33). The number of carbonyl (C=O) groups excluding carboxylic acids is 1. The van der Waals surface area contributed by atoms with Gasteiger partial charge in [0.2, 0.25) is 0 Å². The van der Waals surface area contributed by atoms with Gasteiger partial charge in [0.25, 0.3) is 5.91 Å². The summed E-state index contributed by atoms with van der Waals surface area (Å²) in [7, 11) is 0. The van der Waals surface area contributed by atoms with E-state index in [1.54, 1.807) is 36.4 Å². The normalized spacial score (nSPS) is 11.9. The van der Waals surface area contributed by atoms with E-state index < -0.39 is 6.23 Å². The summed E-state index contributed by atoms with van der Waals surface area (Å²) in [4.78, 5) is 15.1. The van der Waals surface area contributed by atoms with Gasteiger partial charge >= 0.3 is 0 Å². The Labute approximate surface area is 211 Å². The van der Waals surface area contributed by atoms with Crippen molar-refractivity contribution >= 4 is 40.5 Å². The van der Waals surface area contributed by atoms with Crippen molar-refractivity contribution in [2.75, 3.05) is 18.4 Å². The van der Waals surface area contributed by atoms with Crippen LogP contribution in [0.1, 0.15) is 54.4 Å². The second-order valence-electron chi connectivity index (χ2n) is 8.23. The number of aliphatic hydroxyl groups is 1. The van der Waals surface area contributed by atoms with Gasteiger partial charge in [-0.1, -0.05) is 61.3 Å². The predicted octanol–water partition coefficient (Wildman–Crippen LogP) is 6.78. The van der Waals surface area contributed by atoms with Crippen LogP contribution in [0.3, 0.4) is 0 Å². The van der Waals surface area contributed by atoms with Crippen molar-refractivity contribution in [2.45, 2.75) is 39.5 Å². The minimum Gasteiger partial charge on any atom is -0.369 e. The molecule has 1 atom stereocenters. The fourth-order valence-electron chi connectivity index (χ4n) is 3.76. The monoisotopic (exact) mass is 499 g/mol. The van der Waals surface area contributed by atoms with E-state index in [0.29, 0.717) is 21.2 Å². The Morgan fingerprint density at radius 3 is 2.24 bits per heavy atom. The first kappa shape index (κ1) is 26.0. The summed E-state index contributed by atoms with van der Waals surface area (Å²) in [6.45, 7) is 7.24. The highest BCUT2D eigenvalue weighted by Crippen LogP contribution is 2.27. The predicted molar refractivity (Wildman–Crippen MR) is 141 cm³/mol. The maximum absolute atomic E-state index is 12.7. The summed E-state index contributed by atoms with van der Waals surface area (Å²) in [6.07, 6.45) is 1.10. The second-order valence-corrected chi connectivity index (χ2v) is 9.04. The third-order valence-electron chi connectivity index (χ3n) is 5.38. The zero-order valence-electron chi connectivity index (χ0n) is 19.5. The average molecular weight is 500 g/mol. The molecule has 3 aromatic carbocycles. The minimum atomic E-state index is -1.09. The quantitative estimate of drug-likeness (QED) is 0.254. The molecule has 1 amide bonds. The zero-order chi connectivity index (χ0) is 24.5. The lowest BCUT2D eigenvalue weighted by Crippen LogP contribution is -2.28. The van der Waals surface area contributed by atoms with Crippen LogP contribution in [0.4, 0.5) is 11.4 Å². The topological polar surface area (TPSA) is 64.6 Å². The third-order valence-corrected chi connectivity index (χ3v) is 6.11. The van der Waals surface area contributed by atoms with Gasteiger partial charge in [-0.2, -0.15) is 0 Å². The zero-order valence-corrected chi connectivity index (χ0v) is 21.0. The van der Waals surface area contributed by atoms with Gasteiger partial charge in [0, 0.05) is 29.0 Å². The Hall–Kier alpha value is -2.57. The van der Waals surface area contributed by atoms with Crippen molar-refractivity contribution in [2.24, 2.45) is 0 Å². The van der Waals surface area contributed by atoms with Crippen LogP contribution < -0.4 is 10.6 Å². The Bertz CT molecular complexity index is 1080. The molecule has 0 aliphatic heterocycles. The first-order chi connectivity index (χ1) is 16.4. The molecule has 0 aliphatic carbocycles. The summed E-state index contributed by atoms with van der Waals surface area (Å²) < 4.78 is 0. The number of nitrogens with zero attached hydrogens (tertiary/aromatic N) is 1. The van der Waals surface area contributed by atoms with Crippen LogP contribution in [0.15, 0.2) is 66.7 Å². The number of carbonyl (C=O) groups is 1. The fourth-order valence-corrected chi connectivity index (χ4v) is 4.06. The number of halogens is 2. The van der Waals surface area contributed by atoms with Gasteiger partial charge < -0.3 is 15.7 Å². The molecule has 0 saturated heterocycles. The number of aliphatic hydroxyl groups excluding tert-OH is 1. The SMILES string of the molecule is CCCN(CCC)Cc1cccc(C(O)NC(=O)c2ccc(Nc3ccc(Cl)c(Cl)c3)cc2)c1. The van der Waals surface area contributed by atoms with E-state index in [0.717, 1.165) is 49.4 Å². The maximum Gasteiger partial charge on any atom is 0.253 e. The summed E-state index contributed by atoms with van der Waals surface area (Å²) in [5.41, 5.74) is 3.82. The summed E-state index contributed by atoms with van der Waals surface area (Å²) >= 11 is 12.0. The van der Waals surface area contributed by atoms with Crippen molar-refractivity contribution in [3.8, 4) is 0 Å². The van der Waals surface area contributed by atoms with E-state index in [2.05, 4.69) is 35.4 Å². The van der Waals surface area contributed by atoms with Gasteiger partial charge in [-0.25, -0.2) is 0 Å². The first-order valence-electron chi connectivity index (χ1n) is 11.5. The van der Waals surface area contributed by atoms with E-state index in [4.69, 9.17) is 23.2 Å². The molecule has 3 N–H and O–H groups in total. The molecule has 0 saturated carbocycles. The Kier molecular flexibility index (Phi) is 9.78. The van der Waals surface area contributed by atoms with E-state index >= 15 is 0 Å². The average Bonchev–Trinajstić information content (AvgIpc) is 2.82.